The summed E-state index contributed by atoms with van der Waals surface area (Å²) < 4.78 is 0. The zero-order chi connectivity index (χ0) is 14.9. The number of hydrogen-bond donors (Lipinski definition) is 2. The average Bonchev–Trinajstić information content (AvgIpc) is 2.75. The molecule has 1 aromatic heterocycles. The molecule has 1 fully saturated rings. The number of aromatic nitrogens is 2. The number of rotatable bonds is 3. The van der Waals surface area contributed by atoms with E-state index in [1.807, 2.05) is 6.92 Å². The first-order valence-electron chi connectivity index (χ1n) is 7.37. The Morgan fingerprint density at radius 3 is 2.60 bits per heavy atom. The van der Waals surface area contributed by atoms with Crippen LogP contribution in [0.1, 0.15) is 45.0 Å². The van der Waals surface area contributed by atoms with E-state index in [9.17, 15) is 0 Å². The summed E-state index contributed by atoms with van der Waals surface area (Å²) in [6, 6.07) is 0.587. The summed E-state index contributed by atoms with van der Waals surface area (Å²) in [5.41, 5.74) is 6.88. The molecule has 1 aliphatic rings. The van der Waals surface area contributed by atoms with Crippen molar-refractivity contribution >= 4 is 11.6 Å². The van der Waals surface area contributed by atoms with Gasteiger partial charge in [0.1, 0.15) is 17.5 Å². The molecule has 2 heterocycles. The molecule has 20 heavy (non-hydrogen) atoms. The first kappa shape index (κ1) is 15.0. The minimum Gasteiger partial charge on any atom is -0.383 e. The molecule has 1 unspecified atom stereocenters. The number of nitrogens with one attached hydrogen (secondary N) is 1. The van der Waals surface area contributed by atoms with Crippen LogP contribution >= 0.6 is 0 Å². The van der Waals surface area contributed by atoms with Crippen LogP contribution in [0.5, 0.6) is 0 Å². The van der Waals surface area contributed by atoms with Gasteiger partial charge in [-0.1, -0.05) is 20.8 Å². The van der Waals surface area contributed by atoms with Gasteiger partial charge in [0.25, 0.3) is 0 Å². The summed E-state index contributed by atoms with van der Waals surface area (Å²) in [6.45, 7) is 10.4. The first-order chi connectivity index (χ1) is 9.29. The SMILES string of the molecule is Cc1c(N)nc(C(C)(C)C)nc1NCC1CCCN1C. The number of nitrogen functional groups attached to an aromatic ring is 1. The molecule has 3 N–H and O–H groups in total. The zero-order valence-electron chi connectivity index (χ0n) is 13.3. The van der Waals surface area contributed by atoms with Crippen LogP contribution in [0, 0.1) is 6.92 Å². The van der Waals surface area contributed by atoms with Crippen molar-refractivity contribution in [3.8, 4) is 0 Å². The van der Waals surface area contributed by atoms with Crippen molar-refractivity contribution < 1.29 is 0 Å². The lowest BCUT2D eigenvalue weighted by molar-refractivity contribution is 0.322. The van der Waals surface area contributed by atoms with Crippen molar-refractivity contribution in [2.75, 3.05) is 31.2 Å². The lowest BCUT2D eigenvalue weighted by Gasteiger charge is -2.23. The number of nitrogens with two attached hydrogens (primary N) is 1. The molecule has 5 heteroatoms. The van der Waals surface area contributed by atoms with Gasteiger partial charge in [0.05, 0.1) is 0 Å². The maximum Gasteiger partial charge on any atom is 0.138 e. The molecule has 0 spiro atoms. The summed E-state index contributed by atoms with van der Waals surface area (Å²) >= 11 is 0. The molecule has 1 aromatic rings. The number of nitrogens with zero attached hydrogens (tertiary/aromatic N) is 3. The fourth-order valence-corrected chi connectivity index (χ4v) is 2.49. The van der Waals surface area contributed by atoms with Gasteiger partial charge in [-0.3, -0.25) is 0 Å². The normalized spacial score (nSPS) is 20.4. The van der Waals surface area contributed by atoms with Crippen LogP contribution in [0.2, 0.25) is 0 Å². The Morgan fingerprint density at radius 2 is 2.05 bits per heavy atom. The average molecular weight is 277 g/mol. The van der Waals surface area contributed by atoms with E-state index in [-0.39, 0.29) is 5.41 Å². The Hall–Kier alpha value is -1.36. The highest BCUT2D eigenvalue weighted by Crippen LogP contribution is 2.25. The molecule has 0 bridgehead atoms. The van der Waals surface area contributed by atoms with E-state index in [0.29, 0.717) is 11.9 Å². The Bertz CT molecular complexity index is 478. The van der Waals surface area contributed by atoms with Gasteiger partial charge in [0.15, 0.2) is 0 Å². The molecular formula is C15H27N5. The van der Waals surface area contributed by atoms with Crippen LogP contribution in [-0.2, 0) is 5.41 Å². The van der Waals surface area contributed by atoms with Crippen LogP contribution in [-0.4, -0.2) is 41.0 Å². The van der Waals surface area contributed by atoms with Crippen LogP contribution in [0.3, 0.4) is 0 Å². The molecule has 0 saturated carbocycles. The van der Waals surface area contributed by atoms with Gasteiger partial charge in [-0.15, -0.1) is 0 Å². The van der Waals surface area contributed by atoms with Crippen LogP contribution in [0.15, 0.2) is 0 Å². The molecule has 0 amide bonds. The molecule has 0 aliphatic carbocycles. The van der Waals surface area contributed by atoms with E-state index in [1.54, 1.807) is 0 Å². The number of anilines is 2. The topological polar surface area (TPSA) is 67.1 Å². The number of likely N-dealkylation sites (tertiary alicyclic amines) is 1. The lowest BCUT2D eigenvalue weighted by Crippen LogP contribution is -2.32. The third-order valence-electron chi connectivity index (χ3n) is 4.03. The van der Waals surface area contributed by atoms with Crippen LogP contribution < -0.4 is 11.1 Å². The second-order valence-electron chi connectivity index (χ2n) is 6.81. The fourth-order valence-electron chi connectivity index (χ4n) is 2.49. The summed E-state index contributed by atoms with van der Waals surface area (Å²) in [6.07, 6.45) is 2.52. The van der Waals surface area contributed by atoms with E-state index >= 15 is 0 Å². The molecule has 1 saturated heterocycles. The van der Waals surface area contributed by atoms with E-state index in [4.69, 9.17) is 5.73 Å². The second-order valence-corrected chi connectivity index (χ2v) is 6.81. The molecule has 5 nitrogen and oxygen atoms in total. The third kappa shape index (κ3) is 3.20. The smallest absolute Gasteiger partial charge is 0.138 e. The molecule has 2 rings (SSSR count). The minimum absolute atomic E-state index is 0.0948. The molecule has 0 aromatic carbocycles. The fraction of sp³-hybridized carbons (Fsp3) is 0.733. The monoisotopic (exact) mass is 277 g/mol. The van der Waals surface area contributed by atoms with Crippen LogP contribution in [0.25, 0.3) is 0 Å². The van der Waals surface area contributed by atoms with Crippen molar-refractivity contribution in [1.29, 1.82) is 0 Å². The van der Waals surface area contributed by atoms with Gasteiger partial charge >= 0.3 is 0 Å². The molecule has 0 radical (unpaired) electrons. The second kappa shape index (κ2) is 5.56. The van der Waals surface area contributed by atoms with Crippen LogP contribution in [0.4, 0.5) is 11.6 Å². The summed E-state index contributed by atoms with van der Waals surface area (Å²) in [4.78, 5) is 11.5. The van der Waals surface area contributed by atoms with E-state index in [1.165, 1.54) is 19.4 Å². The highest BCUT2D eigenvalue weighted by molar-refractivity contribution is 5.55. The largest absolute Gasteiger partial charge is 0.383 e. The Balaban J connectivity index is 2.16. The quantitative estimate of drug-likeness (QED) is 0.886. The number of hydrogen-bond acceptors (Lipinski definition) is 5. The number of likely N-dealkylation sites (N-methyl/N-ethyl adjacent to an activating group) is 1. The van der Waals surface area contributed by atoms with Crippen molar-refractivity contribution in [2.45, 2.75) is 52.0 Å². The predicted octanol–water partition coefficient (Wildman–Crippen LogP) is 2.17. The van der Waals surface area contributed by atoms with Gasteiger partial charge < -0.3 is 16.0 Å². The maximum atomic E-state index is 6.03. The van der Waals surface area contributed by atoms with Gasteiger partial charge in [0.2, 0.25) is 0 Å². The first-order valence-corrected chi connectivity index (χ1v) is 7.37. The van der Waals surface area contributed by atoms with Crippen molar-refractivity contribution in [1.82, 2.24) is 14.9 Å². The minimum atomic E-state index is -0.0948. The molecular weight excluding hydrogens is 250 g/mol. The summed E-state index contributed by atoms with van der Waals surface area (Å²) in [7, 11) is 2.18. The summed E-state index contributed by atoms with van der Waals surface area (Å²) in [5, 5.41) is 3.47. The maximum absolute atomic E-state index is 6.03. The Kier molecular flexibility index (Phi) is 4.18. The van der Waals surface area contributed by atoms with Crippen molar-refractivity contribution in [2.24, 2.45) is 0 Å². The lowest BCUT2D eigenvalue weighted by atomic mass is 9.95. The third-order valence-corrected chi connectivity index (χ3v) is 4.03. The van der Waals surface area contributed by atoms with Crippen molar-refractivity contribution in [3.05, 3.63) is 11.4 Å². The summed E-state index contributed by atoms with van der Waals surface area (Å²) in [5.74, 6) is 2.25. The Morgan fingerprint density at radius 1 is 1.35 bits per heavy atom. The predicted molar refractivity (Wildman–Crippen MR) is 84.0 cm³/mol. The van der Waals surface area contributed by atoms with Gasteiger partial charge in [-0.05, 0) is 33.4 Å². The highest BCUT2D eigenvalue weighted by Gasteiger charge is 2.23. The molecule has 1 aliphatic heterocycles. The van der Waals surface area contributed by atoms with E-state index < -0.39 is 0 Å². The van der Waals surface area contributed by atoms with Gasteiger partial charge in [0, 0.05) is 23.6 Å². The van der Waals surface area contributed by atoms with Gasteiger partial charge in [-0.2, -0.15) is 0 Å². The molecule has 1 atom stereocenters. The van der Waals surface area contributed by atoms with E-state index in [2.05, 4.69) is 48.0 Å². The zero-order valence-corrected chi connectivity index (χ0v) is 13.3. The highest BCUT2D eigenvalue weighted by atomic mass is 15.2. The van der Waals surface area contributed by atoms with Crippen molar-refractivity contribution in [3.63, 3.8) is 0 Å². The van der Waals surface area contributed by atoms with E-state index in [0.717, 1.165) is 23.8 Å². The molecule has 112 valence electrons. The standard InChI is InChI=1S/C15H27N5/c1-10-12(16)18-14(15(2,3)4)19-13(10)17-9-11-7-6-8-20(11)5/h11H,6-9H2,1-5H3,(H3,16,17,18,19). The van der Waals surface area contributed by atoms with Gasteiger partial charge in [-0.25, -0.2) is 9.97 Å². The Labute approximate surface area is 122 Å².